The number of hydrogen-bond donors (Lipinski definition) is 2. The maximum atomic E-state index is 12.2. The summed E-state index contributed by atoms with van der Waals surface area (Å²) in [6.07, 6.45) is 0. The van der Waals surface area contributed by atoms with E-state index in [1.165, 1.54) is 0 Å². The fourth-order valence-electron chi connectivity index (χ4n) is 3.03. The smallest absolute Gasteiger partial charge is 0.238 e. The molecular weight excluding hydrogens is 306 g/mol. The molecule has 1 saturated heterocycles. The van der Waals surface area contributed by atoms with Crippen molar-refractivity contribution in [2.75, 3.05) is 31.5 Å². The summed E-state index contributed by atoms with van der Waals surface area (Å²) >= 11 is 0. The zero-order chi connectivity index (χ0) is 16.5. The number of carbonyl (C=O) groups is 2. The highest BCUT2D eigenvalue weighted by atomic mass is 16.3. The van der Waals surface area contributed by atoms with Gasteiger partial charge in [-0.25, -0.2) is 0 Å². The summed E-state index contributed by atoms with van der Waals surface area (Å²) in [7, 11) is 0. The Balaban J connectivity index is 1.52. The van der Waals surface area contributed by atoms with Gasteiger partial charge in [0.25, 0.3) is 0 Å². The summed E-state index contributed by atoms with van der Waals surface area (Å²) in [5, 5.41) is 7.64. The Morgan fingerprint density at radius 3 is 2.88 bits per heavy atom. The fraction of sp³-hybridized carbons (Fsp3) is 0.222. The lowest BCUT2D eigenvalue weighted by atomic mass is 10.1. The van der Waals surface area contributed by atoms with Crippen molar-refractivity contribution in [2.45, 2.75) is 0 Å². The molecule has 2 amide bonds. The molecule has 1 fully saturated rings. The van der Waals surface area contributed by atoms with E-state index in [-0.39, 0.29) is 24.9 Å². The van der Waals surface area contributed by atoms with Crippen LogP contribution in [0.15, 0.2) is 46.9 Å². The van der Waals surface area contributed by atoms with Crippen LogP contribution in [0, 0.1) is 0 Å². The first-order valence-electron chi connectivity index (χ1n) is 7.89. The molecule has 0 atom stereocenters. The third kappa shape index (κ3) is 2.83. The summed E-state index contributed by atoms with van der Waals surface area (Å²) < 4.78 is 5.78. The molecule has 1 aliphatic rings. The molecule has 4 rings (SSSR count). The molecule has 0 saturated carbocycles. The molecule has 6 nitrogen and oxygen atoms in total. The van der Waals surface area contributed by atoms with Gasteiger partial charge in [0.1, 0.15) is 11.2 Å². The second-order valence-electron chi connectivity index (χ2n) is 5.92. The molecule has 2 aromatic carbocycles. The highest BCUT2D eigenvalue weighted by Crippen LogP contribution is 2.30. The van der Waals surface area contributed by atoms with Crippen LogP contribution in [-0.2, 0) is 9.59 Å². The van der Waals surface area contributed by atoms with Crippen molar-refractivity contribution in [3.63, 3.8) is 0 Å². The standard InChI is InChI=1S/C18H17N3O3/c22-17-10-21(8-7-19-17)11-18(23)20-12-5-6-16-14(9-12)13-3-1-2-4-15(13)24-16/h1-6,9H,7-8,10-11H2,(H,19,22)(H,20,23). The Hall–Kier alpha value is -2.86. The molecule has 122 valence electrons. The Labute approximate surface area is 138 Å². The number of carbonyl (C=O) groups excluding carboxylic acids is 2. The Morgan fingerprint density at radius 2 is 2.00 bits per heavy atom. The number of amides is 2. The number of anilines is 1. The van der Waals surface area contributed by atoms with E-state index in [1.807, 2.05) is 47.4 Å². The molecule has 1 aliphatic heterocycles. The molecule has 0 aliphatic carbocycles. The van der Waals surface area contributed by atoms with Crippen molar-refractivity contribution in [1.29, 1.82) is 0 Å². The predicted molar refractivity (Wildman–Crippen MR) is 91.8 cm³/mol. The van der Waals surface area contributed by atoms with Crippen LogP contribution in [0.3, 0.4) is 0 Å². The van der Waals surface area contributed by atoms with Crippen LogP contribution in [-0.4, -0.2) is 42.9 Å². The Kier molecular flexibility index (Phi) is 3.66. The first-order chi connectivity index (χ1) is 11.7. The van der Waals surface area contributed by atoms with E-state index < -0.39 is 0 Å². The van der Waals surface area contributed by atoms with Crippen LogP contribution in [0.1, 0.15) is 0 Å². The van der Waals surface area contributed by atoms with E-state index >= 15 is 0 Å². The van der Waals surface area contributed by atoms with E-state index in [1.54, 1.807) is 0 Å². The number of fused-ring (bicyclic) bond motifs is 3. The molecule has 3 aromatic rings. The van der Waals surface area contributed by atoms with Gasteiger partial charge in [-0.2, -0.15) is 0 Å². The second kappa shape index (κ2) is 5.98. The minimum atomic E-state index is -0.128. The second-order valence-corrected chi connectivity index (χ2v) is 5.92. The van der Waals surface area contributed by atoms with E-state index in [0.29, 0.717) is 13.1 Å². The molecule has 2 heterocycles. The molecule has 0 radical (unpaired) electrons. The lowest BCUT2D eigenvalue weighted by Gasteiger charge is -2.25. The highest BCUT2D eigenvalue weighted by molar-refractivity contribution is 6.07. The minimum Gasteiger partial charge on any atom is -0.456 e. The normalized spacial score (nSPS) is 15.6. The minimum absolute atomic E-state index is 0.0414. The third-order valence-corrected chi connectivity index (χ3v) is 4.15. The van der Waals surface area contributed by atoms with Crippen LogP contribution in [0.25, 0.3) is 21.9 Å². The number of benzene rings is 2. The van der Waals surface area contributed by atoms with Gasteiger partial charge in [-0.05, 0) is 24.3 Å². The topological polar surface area (TPSA) is 74.6 Å². The van der Waals surface area contributed by atoms with Gasteiger partial charge in [-0.15, -0.1) is 0 Å². The Bertz CT molecular complexity index is 932. The largest absolute Gasteiger partial charge is 0.456 e. The summed E-state index contributed by atoms with van der Waals surface area (Å²) in [5.74, 6) is -0.169. The number of piperazine rings is 1. The molecule has 2 N–H and O–H groups in total. The van der Waals surface area contributed by atoms with Gasteiger partial charge in [-0.1, -0.05) is 18.2 Å². The average molecular weight is 323 g/mol. The monoisotopic (exact) mass is 323 g/mol. The van der Waals surface area contributed by atoms with Crippen molar-refractivity contribution in [3.8, 4) is 0 Å². The van der Waals surface area contributed by atoms with E-state index in [4.69, 9.17) is 4.42 Å². The van der Waals surface area contributed by atoms with Gasteiger partial charge in [-0.3, -0.25) is 14.5 Å². The summed E-state index contributed by atoms with van der Waals surface area (Å²) in [6, 6.07) is 13.4. The summed E-state index contributed by atoms with van der Waals surface area (Å²) in [4.78, 5) is 25.4. The van der Waals surface area contributed by atoms with Gasteiger partial charge in [0, 0.05) is 29.5 Å². The van der Waals surface area contributed by atoms with Gasteiger partial charge in [0.15, 0.2) is 0 Å². The maximum Gasteiger partial charge on any atom is 0.238 e. The number of furan rings is 1. The zero-order valence-electron chi connectivity index (χ0n) is 13.0. The molecule has 0 unspecified atom stereocenters. The van der Waals surface area contributed by atoms with Gasteiger partial charge >= 0.3 is 0 Å². The van der Waals surface area contributed by atoms with Crippen LogP contribution in [0.2, 0.25) is 0 Å². The fourth-order valence-corrected chi connectivity index (χ4v) is 3.03. The van der Waals surface area contributed by atoms with Crippen molar-refractivity contribution < 1.29 is 14.0 Å². The quantitative estimate of drug-likeness (QED) is 0.773. The van der Waals surface area contributed by atoms with E-state index in [2.05, 4.69) is 10.6 Å². The first kappa shape index (κ1) is 14.7. The van der Waals surface area contributed by atoms with Crippen molar-refractivity contribution in [3.05, 3.63) is 42.5 Å². The van der Waals surface area contributed by atoms with Crippen LogP contribution >= 0.6 is 0 Å². The molecule has 6 heteroatoms. The number of nitrogens with zero attached hydrogens (tertiary/aromatic N) is 1. The molecule has 0 bridgehead atoms. The van der Waals surface area contributed by atoms with Gasteiger partial charge < -0.3 is 15.1 Å². The van der Waals surface area contributed by atoms with Crippen molar-refractivity contribution in [1.82, 2.24) is 10.2 Å². The maximum absolute atomic E-state index is 12.2. The molecule has 24 heavy (non-hydrogen) atoms. The first-order valence-corrected chi connectivity index (χ1v) is 7.89. The summed E-state index contributed by atoms with van der Waals surface area (Å²) in [6.45, 7) is 1.74. The van der Waals surface area contributed by atoms with Crippen molar-refractivity contribution >= 4 is 39.4 Å². The van der Waals surface area contributed by atoms with Crippen LogP contribution in [0.5, 0.6) is 0 Å². The third-order valence-electron chi connectivity index (χ3n) is 4.15. The highest BCUT2D eigenvalue weighted by Gasteiger charge is 2.18. The molecule has 0 spiro atoms. The van der Waals surface area contributed by atoms with Crippen LogP contribution in [0.4, 0.5) is 5.69 Å². The average Bonchev–Trinajstić information content (AvgIpc) is 2.93. The lowest BCUT2D eigenvalue weighted by Crippen LogP contribution is -2.49. The number of rotatable bonds is 3. The lowest BCUT2D eigenvalue weighted by molar-refractivity contribution is -0.125. The van der Waals surface area contributed by atoms with Gasteiger partial charge in [0.2, 0.25) is 11.8 Å². The summed E-state index contributed by atoms with van der Waals surface area (Å²) in [5.41, 5.74) is 2.35. The number of para-hydroxylation sites is 1. The van der Waals surface area contributed by atoms with E-state index in [0.717, 1.165) is 27.6 Å². The predicted octanol–water partition coefficient (Wildman–Crippen LogP) is 1.96. The number of nitrogens with one attached hydrogen (secondary N) is 2. The SMILES string of the molecule is O=C1CN(CC(=O)Nc2ccc3oc4ccccc4c3c2)CCN1. The van der Waals surface area contributed by atoms with Crippen LogP contribution < -0.4 is 10.6 Å². The zero-order valence-corrected chi connectivity index (χ0v) is 13.0. The molecule has 1 aromatic heterocycles. The Morgan fingerprint density at radius 1 is 1.17 bits per heavy atom. The number of hydrogen-bond acceptors (Lipinski definition) is 4. The van der Waals surface area contributed by atoms with E-state index in [9.17, 15) is 9.59 Å². The van der Waals surface area contributed by atoms with Gasteiger partial charge in [0.05, 0.1) is 13.1 Å². The van der Waals surface area contributed by atoms with Crippen molar-refractivity contribution in [2.24, 2.45) is 0 Å². The molecular formula is C18H17N3O3.